The van der Waals surface area contributed by atoms with Crippen LogP contribution in [0.4, 0.5) is 0 Å². The molecule has 9 nitrogen and oxygen atoms in total. The molecule has 0 aliphatic rings. The molecule has 0 aliphatic heterocycles. The van der Waals surface area contributed by atoms with E-state index in [4.69, 9.17) is 28.2 Å². The summed E-state index contributed by atoms with van der Waals surface area (Å²) < 4.78 is 25.6. The maximum atomic E-state index is 6.58. The summed E-state index contributed by atoms with van der Waals surface area (Å²) in [6.07, 6.45) is 0. The van der Waals surface area contributed by atoms with Gasteiger partial charge in [0.1, 0.15) is 33.5 Å². The summed E-state index contributed by atoms with van der Waals surface area (Å²) in [5.41, 5.74) is 15.3. The van der Waals surface area contributed by atoms with E-state index in [-0.39, 0.29) is 0 Å². The number of benzene rings is 11. The van der Waals surface area contributed by atoms with Gasteiger partial charge >= 0.3 is 0 Å². The number of hydrogen-bond acceptors (Lipinski definition) is 6. The van der Waals surface area contributed by atoms with Crippen LogP contribution in [0.2, 0.25) is 0 Å². The zero-order valence-electron chi connectivity index (χ0n) is 41.3. The second-order valence-electron chi connectivity index (χ2n) is 20.3. The van der Waals surface area contributed by atoms with Crippen LogP contribution in [0.15, 0.2) is 244 Å². The molecule has 9 heteroatoms. The Labute approximate surface area is 441 Å². The highest BCUT2D eigenvalue weighted by Crippen LogP contribution is 2.42. The van der Waals surface area contributed by atoms with Crippen molar-refractivity contribution in [2.24, 2.45) is 0 Å². The van der Waals surface area contributed by atoms with E-state index in [0.717, 1.165) is 153 Å². The summed E-state index contributed by atoms with van der Waals surface area (Å²) in [6.45, 7) is 0. The molecule has 0 spiro atoms. The number of para-hydroxylation sites is 6. The average molecular weight is 999 g/mol. The number of nitrogens with zero attached hydrogens (tertiary/aromatic N) is 6. The van der Waals surface area contributed by atoms with Gasteiger partial charge in [0.05, 0.1) is 33.1 Å². The quantitative estimate of drug-likeness (QED) is 0.171. The van der Waals surface area contributed by atoms with Crippen molar-refractivity contribution in [2.75, 3.05) is 0 Å². The van der Waals surface area contributed by atoms with Gasteiger partial charge in [-0.15, -0.1) is 0 Å². The predicted molar refractivity (Wildman–Crippen MR) is 316 cm³/mol. The van der Waals surface area contributed by atoms with Crippen LogP contribution in [-0.2, 0) is 0 Å². The molecular formula is C69H38N6O3. The molecule has 0 fully saturated rings. The van der Waals surface area contributed by atoms with Crippen molar-refractivity contribution in [1.29, 1.82) is 0 Å². The van der Waals surface area contributed by atoms with Gasteiger partial charge in [0, 0.05) is 70.7 Å². The van der Waals surface area contributed by atoms with Crippen LogP contribution in [0.1, 0.15) is 0 Å². The van der Waals surface area contributed by atoms with E-state index in [1.807, 2.05) is 36.4 Å². The molecule has 0 N–H and O–H groups in total. The number of aromatic nitrogens is 6. The third kappa shape index (κ3) is 5.81. The highest BCUT2D eigenvalue weighted by molar-refractivity contribution is 6.18. The zero-order valence-corrected chi connectivity index (χ0v) is 41.3. The molecule has 0 bridgehead atoms. The first kappa shape index (κ1) is 41.6. The molecule has 0 saturated carbocycles. The van der Waals surface area contributed by atoms with E-state index < -0.39 is 0 Å². The molecule has 7 aromatic heterocycles. The van der Waals surface area contributed by atoms with Crippen LogP contribution in [0.25, 0.3) is 171 Å². The van der Waals surface area contributed by atoms with Crippen molar-refractivity contribution in [3.8, 4) is 40.1 Å². The molecule has 0 aliphatic carbocycles. The van der Waals surface area contributed by atoms with Gasteiger partial charge in [-0.3, -0.25) is 13.7 Å². The van der Waals surface area contributed by atoms with Crippen molar-refractivity contribution in [2.45, 2.75) is 0 Å². The van der Waals surface area contributed by atoms with Crippen LogP contribution >= 0.6 is 0 Å². The monoisotopic (exact) mass is 998 g/mol. The number of hydrogen-bond donors (Lipinski definition) is 0. The van der Waals surface area contributed by atoms with Gasteiger partial charge in [-0.05, 0) is 113 Å². The normalized spacial score (nSPS) is 12.4. The molecule has 362 valence electrons. The fraction of sp³-hybridized carbons (Fsp3) is 0. The Kier molecular flexibility index (Phi) is 8.21. The Morgan fingerprint density at radius 3 is 0.936 bits per heavy atom. The van der Waals surface area contributed by atoms with Crippen LogP contribution < -0.4 is 0 Å². The maximum absolute atomic E-state index is 6.58. The standard InChI is InChI=1S/C69H38N6O3/c1-7-19-55-43(13-1)49-33-39(41-27-31-64-52(35-41)46-16-4-10-22-61(46)76-64)25-29-58(49)73(55)67-70-68(72-69(71-67)75-57-21-9-3-15-45(57)51-37-54-48-18-6-12-24-63(48)78-66(54)38-60(51)75)74-56-20-8-2-14-44(56)50-34-40(26-30-59(50)74)42-28-32-65-53(36-42)47-17-5-11-23-62(47)77-65/h1-38H. The van der Waals surface area contributed by atoms with Gasteiger partial charge in [0.15, 0.2) is 0 Å². The highest BCUT2D eigenvalue weighted by atomic mass is 16.3. The van der Waals surface area contributed by atoms with Crippen molar-refractivity contribution < 1.29 is 13.3 Å². The second-order valence-corrected chi connectivity index (χ2v) is 20.3. The van der Waals surface area contributed by atoms with Gasteiger partial charge in [0.25, 0.3) is 0 Å². The van der Waals surface area contributed by atoms with Crippen molar-refractivity contribution in [3.05, 3.63) is 231 Å². The van der Waals surface area contributed by atoms with Gasteiger partial charge in [-0.1, -0.05) is 133 Å². The second kappa shape index (κ2) is 15.4. The van der Waals surface area contributed by atoms with E-state index in [9.17, 15) is 0 Å². The Morgan fingerprint density at radius 1 is 0.205 bits per heavy atom. The lowest BCUT2D eigenvalue weighted by molar-refractivity contribution is 0.668. The summed E-state index contributed by atoms with van der Waals surface area (Å²) in [7, 11) is 0. The molecule has 11 aromatic carbocycles. The number of furan rings is 3. The largest absolute Gasteiger partial charge is 0.456 e. The summed E-state index contributed by atoms with van der Waals surface area (Å²) in [5, 5.41) is 13.0. The lowest BCUT2D eigenvalue weighted by atomic mass is 10.0. The summed E-state index contributed by atoms with van der Waals surface area (Å²) in [6, 6.07) is 81.0. The van der Waals surface area contributed by atoms with Gasteiger partial charge in [0.2, 0.25) is 17.8 Å². The minimum Gasteiger partial charge on any atom is -0.456 e. The SMILES string of the molecule is c1ccc2c(c1)oc1ccc(-c3ccc4c(c3)c3ccccc3n4-c3nc(-n4c5ccccc5c5cc(-c6ccc7oc8ccccc8c7c6)ccc54)nc(-n4c5ccccc5c5cc6c(cc54)oc4ccccc46)n3)cc12. The molecule has 0 amide bonds. The molecule has 18 rings (SSSR count). The topological polar surface area (TPSA) is 92.9 Å². The summed E-state index contributed by atoms with van der Waals surface area (Å²) >= 11 is 0. The zero-order chi connectivity index (χ0) is 50.7. The minimum atomic E-state index is 0.475. The summed E-state index contributed by atoms with van der Waals surface area (Å²) in [4.78, 5) is 16.8. The van der Waals surface area contributed by atoms with E-state index in [0.29, 0.717) is 17.8 Å². The van der Waals surface area contributed by atoms with E-state index in [2.05, 4.69) is 208 Å². The molecule has 0 saturated heterocycles. The third-order valence-corrected chi connectivity index (χ3v) is 16.1. The molecule has 0 radical (unpaired) electrons. The van der Waals surface area contributed by atoms with E-state index in [1.54, 1.807) is 0 Å². The fourth-order valence-corrected chi connectivity index (χ4v) is 12.6. The van der Waals surface area contributed by atoms with Crippen LogP contribution in [0.5, 0.6) is 0 Å². The first-order chi connectivity index (χ1) is 38.6. The smallest absolute Gasteiger partial charge is 0.241 e. The van der Waals surface area contributed by atoms with Crippen LogP contribution in [-0.4, -0.2) is 28.7 Å². The Morgan fingerprint density at radius 2 is 0.500 bits per heavy atom. The van der Waals surface area contributed by atoms with Gasteiger partial charge < -0.3 is 13.3 Å². The molecule has 0 atom stereocenters. The van der Waals surface area contributed by atoms with Crippen LogP contribution in [0.3, 0.4) is 0 Å². The molecule has 7 heterocycles. The van der Waals surface area contributed by atoms with Gasteiger partial charge in [-0.25, -0.2) is 0 Å². The Hall–Kier alpha value is -10.8. The van der Waals surface area contributed by atoms with Crippen molar-refractivity contribution >= 4 is 131 Å². The average Bonchev–Trinajstić information content (AvgIpc) is 4.46. The minimum absolute atomic E-state index is 0.475. The lowest BCUT2D eigenvalue weighted by Crippen LogP contribution is -2.13. The Balaban J connectivity index is 0.896. The molecule has 18 aromatic rings. The molecule has 78 heavy (non-hydrogen) atoms. The number of fused-ring (bicyclic) bond motifs is 18. The molecular weight excluding hydrogens is 961 g/mol. The number of rotatable bonds is 5. The lowest BCUT2D eigenvalue weighted by Gasteiger charge is -2.14. The van der Waals surface area contributed by atoms with E-state index >= 15 is 0 Å². The summed E-state index contributed by atoms with van der Waals surface area (Å²) in [5.74, 6) is 1.45. The van der Waals surface area contributed by atoms with Crippen molar-refractivity contribution in [1.82, 2.24) is 28.7 Å². The first-order valence-corrected chi connectivity index (χ1v) is 26.1. The highest BCUT2D eigenvalue weighted by Gasteiger charge is 2.25. The fourth-order valence-electron chi connectivity index (χ4n) is 12.6. The predicted octanol–water partition coefficient (Wildman–Crippen LogP) is 18.2. The molecule has 0 unspecified atom stereocenters. The third-order valence-electron chi connectivity index (χ3n) is 16.1. The van der Waals surface area contributed by atoms with Crippen LogP contribution in [0, 0.1) is 0 Å². The Bertz CT molecular complexity index is 5360. The maximum Gasteiger partial charge on any atom is 0.241 e. The van der Waals surface area contributed by atoms with Gasteiger partial charge in [-0.2, -0.15) is 15.0 Å². The first-order valence-electron chi connectivity index (χ1n) is 26.1. The van der Waals surface area contributed by atoms with Crippen molar-refractivity contribution in [3.63, 3.8) is 0 Å². The van der Waals surface area contributed by atoms with E-state index in [1.165, 1.54) is 0 Å².